The van der Waals surface area contributed by atoms with Gasteiger partial charge in [0.15, 0.2) is 18.1 Å². The van der Waals surface area contributed by atoms with Crippen LogP contribution >= 0.6 is 0 Å². The molecular formula is C19H17F2NO6. The molecule has 1 aliphatic rings. The second kappa shape index (κ2) is 9.03. The highest BCUT2D eigenvalue weighted by Gasteiger charge is 2.22. The lowest BCUT2D eigenvalue weighted by atomic mass is 10.2. The molecular weight excluding hydrogens is 376 g/mol. The van der Waals surface area contributed by atoms with Crippen molar-refractivity contribution in [2.24, 2.45) is 0 Å². The highest BCUT2D eigenvalue weighted by molar-refractivity contribution is 5.94. The summed E-state index contributed by atoms with van der Waals surface area (Å²) in [4.78, 5) is 23.9. The van der Waals surface area contributed by atoms with Gasteiger partial charge in [0.25, 0.3) is 5.91 Å². The van der Waals surface area contributed by atoms with Gasteiger partial charge in [0, 0.05) is 0 Å². The highest BCUT2D eigenvalue weighted by atomic mass is 19.3. The zero-order valence-corrected chi connectivity index (χ0v) is 14.6. The zero-order chi connectivity index (χ0) is 19.9. The molecule has 0 fully saturated rings. The number of fused-ring (bicyclic) bond motifs is 1. The maximum absolute atomic E-state index is 12.4. The van der Waals surface area contributed by atoms with Crippen molar-refractivity contribution >= 4 is 11.9 Å². The molecule has 9 heteroatoms. The van der Waals surface area contributed by atoms with E-state index in [9.17, 15) is 18.4 Å². The first-order valence-corrected chi connectivity index (χ1v) is 8.39. The quantitative estimate of drug-likeness (QED) is 0.728. The molecule has 1 amide bonds. The van der Waals surface area contributed by atoms with Crippen LogP contribution in [0.3, 0.4) is 0 Å². The number of rotatable bonds is 7. The number of hydrogen-bond acceptors (Lipinski definition) is 6. The summed E-state index contributed by atoms with van der Waals surface area (Å²) < 4.78 is 45.1. The number of halogens is 2. The summed E-state index contributed by atoms with van der Waals surface area (Å²) in [5, 5.41) is 2.56. The van der Waals surface area contributed by atoms with Gasteiger partial charge in [-0.2, -0.15) is 8.78 Å². The van der Waals surface area contributed by atoms with Crippen LogP contribution in [0.25, 0.3) is 0 Å². The van der Waals surface area contributed by atoms with Gasteiger partial charge in [0.05, 0.1) is 6.54 Å². The van der Waals surface area contributed by atoms with Crippen molar-refractivity contribution in [1.82, 2.24) is 5.32 Å². The number of nitrogens with one attached hydrogen (secondary N) is 1. The standard InChI is InChI=1S/C19H17F2NO6/c20-19(21)28-14-6-2-1-5-13(14)18(24)26-11-17(23)22-9-12-10-25-15-7-3-4-8-16(15)27-12/h1-8,12,19H,9-11H2,(H,22,23). The van der Waals surface area contributed by atoms with E-state index in [4.69, 9.17) is 14.2 Å². The smallest absolute Gasteiger partial charge is 0.387 e. The van der Waals surface area contributed by atoms with Crippen molar-refractivity contribution in [2.45, 2.75) is 12.7 Å². The summed E-state index contributed by atoms with van der Waals surface area (Å²) in [5.41, 5.74) is -0.198. The Balaban J connectivity index is 1.45. The zero-order valence-electron chi connectivity index (χ0n) is 14.6. The van der Waals surface area contributed by atoms with Gasteiger partial charge >= 0.3 is 12.6 Å². The normalized spacial score (nSPS) is 15.0. The van der Waals surface area contributed by atoms with Gasteiger partial charge in [-0.1, -0.05) is 24.3 Å². The third-order valence-corrected chi connectivity index (χ3v) is 3.75. The highest BCUT2D eigenvalue weighted by Crippen LogP contribution is 2.30. The molecule has 7 nitrogen and oxygen atoms in total. The first-order valence-electron chi connectivity index (χ1n) is 8.39. The molecule has 1 heterocycles. The second-order valence-electron chi connectivity index (χ2n) is 5.75. The molecule has 0 aliphatic carbocycles. The SMILES string of the molecule is O=C(COC(=O)c1ccccc1OC(F)F)NCC1COc2ccccc2O1. The summed E-state index contributed by atoms with van der Waals surface area (Å²) in [7, 11) is 0. The van der Waals surface area contributed by atoms with Crippen LogP contribution in [0.2, 0.25) is 0 Å². The molecule has 0 saturated carbocycles. The van der Waals surface area contributed by atoms with Crippen LogP contribution in [-0.4, -0.2) is 44.4 Å². The molecule has 2 aromatic carbocycles. The van der Waals surface area contributed by atoms with E-state index in [0.717, 1.165) is 0 Å². The van der Waals surface area contributed by atoms with Crippen molar-refractivity contribution in [3.05, 3.63) is 54.1 Å². The van der Waals surface area contributed by atoms with Crippen molar-refractivity contribution < 1.29 is 37.3 Å². The minimum absolute atomic E-state index is 0.149. The van der Waals surface area contributed by atoms with E-state index in [2.05, 4.69) is 10.1 Å². The van der Waals surface area contributed by atoms with Crippen LogP contribution in [0.15, 0.2) is 48.5 Å². The molecule has 148 valence electrons. The van der Waals surface area contributed by atoms with Crippen LogP contribution in [-0.2, 0) is 9.53 Å². The lowest BCUT2D eigenvalue weighted by Gasteiger charge is -2.26. The summed E-state index contributed by atoms with van der Waals surface area (Å²) in [6, 6.07) is 12.5. The molecule has 2 aromatic rings. The maximum Gasteiger partial charge on any atom is 0.387 e. The van der Waals surface area contributed by atoms with E-state index in [-0.39, 0.29) is 24.5 Å². The van der Waals surface area contributed by atoms with Gasteiger partial charge in [-0.15, -0.1) is 0 Å². The minimum atomic E-state index is -3.08. The number of carbonyl (C=O) groups excluding carboxylic acids is 2. The van der Waals surface area contributed by atoms with E-state index in [1.165, 1.54) is 24.3 Å². The number of para-hydroxylation sites is 3. The maximum atomic E-state index is 12.4. The Morgan fingerprint density at radius 3 is 2.61 bits per heavy atom. The Morgan fingerprint density at radius 1 is 1.11 bits per heavy atom. The molecule has 1 aliphatic heterocycles. The number of alkyl halides is 2. The Labute approximate surface area is 159 Å². The van der Waals surface area contributed by atoms with Crippen LogP contribution in [0, 0.1) is 0 Å². The van der Waals surface area contributed by atoms with Crippen molar-refractivity contribution in [1.29, 1.82) is 0 Å². The number of carbonyl (C=O) groups is 2. The fraction of sp³-hybridized carbons (Fsp3) is 0.263. The molecule has 0 saturated heterocycles. The van der Waals surface area contributed by atoms with Crippen LogP contribution in [0.5, 0.6) is 17.2 Å². The molecule has 0 spiro atoms. The molecule has 1 unspecified atom stereocenters. The molecule has 28 heavy (non-hydrogen) atoms. The number of esters is 1. The van der Waals surface area contributed by atoms with Crippen LogP contribution in [0.1, 0.15) is 10.4 Å². The first-order chi connectivity index (χ1) is 13.5. The predicted octanol–water partition coefficient (Wildman–Crippen LogP) is 2.40. The number of hydrogen-bond donors (Lipinski definition) is 1. The second-order valence-corrected chi connectivity index (χ2v) is 5.75. The van der Waals surface area contributed by atoms with Crippen LogP contribution < -0.4 is 19.5 Å². The third kappa shape index (κ3) is 5.09. The summed E-state index contributed by atoms with van der Waals surface area (Å²) in [5.74, 6) is -0.631. The van der Waals surface area contributed by atoms with Gasteiger partial charge in [-0.3, -0.25) is 4.79 Å². The Hall–Kier alpha value is -3.36. The number of amides is 1. The summed E-state index contributed by atoms with van der Waals surface area (Å²) in [6.07, 6.45) is -0.394. The van der Waals surface area contributed by atoms with E-state index >= 15 is 0 Å². The Kier molecular flexibility index (Phi) is 6.25. The number of benzene rings is 2. The Morgan fingerprint density at radius 2 is 1.82 bits per heavy atom. The number of ether oxygens (including phenoxy) is 4. The van der Waals surface area contributed by atoms with Crippen LogP contribution in [0.4, 0.5) is 8.78 Å². The summed E-state index contributed by atoms with van der Waals surface area (Å²) in [6.45, 7) is -3.25. The molecule has 3 rings (SSSR count). The van der Waals surface area contributed by atoms with E-state index in [0.29, 0.717) is 11.5 Å². The Bertz CT molecular complexity index is 845. The van der Waals surface area contributed by atoms with Gasteiger partial charge in [0.1, 0.15) is 24.0 Å². The fourth-order valence-corrected chi connectivity index (χ4v) is 2.49. The lowest BCUT2D eigenvalue weighted by molar-refractivity contribution is -0.124. The largest absolute Gasteiger partial charge is 0.486 e. The monoisotopic (exact) mass is 393 g/mol. The van der Waals surface area contributed by atoms with E-state index in [1.807, 2.05) is 6.07 Å². The third-order valence-electron chi connectivity index (χ3n) is 3.75. The van der Waals surface area contributed by atoms with Crippen molar-refractivity contribution in [3.63, 3.8) is 0 Å². The predicted molar refractivity (Wildman–Crippen MR) is 92.7 cm³/mol. The molecule has 0 bridgehead atoms. The molecule has 1 N–H and O–H groups in total. The van der Waals surface area contributed by atoms with Gasteiger partial charge in [-0.05, 0) is 24.3 Å². The topological polar surface area (TPSA) is 83.1 Å². The van der Waals surface area contributed by atoms with Gasteiger partial charge < -0.3 is 24.3 Å². The first kappa shape index (κ1) is 19.4. The fourth-order valence-electron chi connectivity index (χ4n) is 2.49. The molecule has 0 aromatic heterocycles. The van der Waals surface area contributed by atoms with Gasteiger partial charge in [0.2, 0.25) is 0 Å². The lowest BCUT2D eigenvalue weighted by Crippen LogP contribution is -2.42. The van der Waals surface area contributed by atoms with Crippen molar-refractivity contribution in [3.8, 4) is 17.2 Å². The molecule has 0 radical (unpaired) electrons. The minimum Gasteiger partial charge on any atom is -0.486 e. The molecule has 1 atom stereocenters. The average Bonchev–Trinajstić information content (AvgIpc) is 2.70. The summed E-state index contributed by atoms with van der Waals surface area (Å²) >= 11 is 0. The van der Waals surface area contributed by atoms with Gasteiger partial charge in [-0.25, -0.2) is 4.79 Å². The van der Waals surface area contributed by atoms with E-state index < -0.39 is 31.2 Å². The van der Waals surface area contributed by atoms with Crippen molar-refractivity contribution in [2.75, 3.05) is 19.8 Å². The van der Waals surface area contributed by atoms with E-state index in [1.54, 1.807) is 18.2 Å². The average molecular weight is 393 g/mol.